The molecule has 1 heterocycles. The van der Waals surface area contributed by atoms with Gasteiger partial charge >= 0.3 is 5.97 Å². The molecule has 3 N–H and O–H groups in total. The maximum Gasteiger partial charge on any atom is 0.373 e. The smallest absolute Gasteiger partial charge is 0.373 e. The van der Waals surface area contributed by atoms with Crippen LogP contribution in [0.2, 0.25) is 0 Å². The molecule has 20 heavy (non-hydrogen) atoms. The first-order valence-corrected chi connectivity index (χ1v) is 7.76. The molecule has 1 aromatic heterocycles. The first kappa shape index (κ1) is 16.7. The second-order valence-electron chi connectivity index (χ2n) is 4.41. The maximum atomic E-state index is 12.2. The fraction of sp³-hybridized carbons (Fsp3) is 0.583. The normalized spacial score (nSPS) is 13.2. The van der Waals surface area contributed by atoms with Crippen LogP contribution in [0.15, 0.2) is 15.4 Å². The van der Waals surface area contributed by atoms with E-state index < -0.39 is 16.0 Å². The van der Waals surface area contributed by atoms with Gasteiger partial charge in [-0.1, -0.05) is 6.92 Å². The fourth-order valence-electron chi connectivity index (χ4n) is 1.59. The molecule has 0 saturated heterocycles. The van der Waals surface area contributed by atoms with Crippen LogP contribution in [0, 0.1) is 0 Å². The van der Waals surface area contributed by atoms with Gasteiger partial charge in [0, 0.05) is 25.1 Å². The topological polar surface area (TPSA) is 112 Å². The lowest BCUT2D eigenvalue weighted by Crippen LogP contribution is -2.29. The number of methoxy groups -OCH3 is 1. The Morgan fingerprint density at radius 2 is 2.20 bits per heavy atom. The van der Waals surface area contributed by atoms with Gasteiger partial charge in [0.25, 0.3) is 0 Å². The van der Waals surface area contributed by atoms with Crippen LogP contribution >= 0.6 is 0 Å². The maximum absolute atomic E-state index is 12.2. The van der Waals surface area contributed by atoms with E-state index in [-0.39, 0.29) is 29.0 Å². The van der Waals surface area contributed by atoms with Crippen molar-refractivity contribution in [1.29, 1.82) is 0 Å². The molecule has 0 bridgehead atoms. The molecule has 0 spiro atoms. The van der Waals surface area contributed by atoms with E-state index in [1.807, 2.05) is 0 Å². The molecule has 0 aliphatic carbocycles. The van der Waals surface area contributed by atoms with Crippen molar-refractivity contribution in [2.75, 3.05) is 13.7 Å². The van der Waals surface area contributed by atoms with Crippen LogP contribution in [0.4, 0.5) is 0 Å². The second-order valence-corrected chi connectivity index (χ2v) is 6.14. The van der Waals surface area contributed by atoms with E-state index >= 15 is 0 Å². The molecule has 8 heteroatoms. The zero-order valence-corrected chi connectivity index (χ0v) is 12.6. The Hall–Kier alpha value is -1.38. The molecule has 1 rings (SSSR count). The fourth-order valence-corrected chi connectivity index (χ4v) is 2.88. The van der Waals surface area contributed by atoms with Crippen LogP contribution in [0.3, 0.4) is 0 Å². The number of carbonyl (C=O) groups is 1. The highest BCUT2D eigenvalue weighted by Gasteiger charge is 2.25. The van der Waals surface area contributed by atoms with Gasteiger partial charge in [-0.15, -0.1) is 0 Å². The molecule has 0 fully saturated rings. The zero-order valence-electron chi connectivity index (χ0n) is 11.8. The molecule has 1 atom stereocenters. The SMILES string of the molecule is CCc1oc(C(=O)OC)cc1S(=O)(=O)NCCC(C)N. The van der Waals surface area contributed by atoms with Gasteiger partial charge in [-0.3, -0.25) is 0 Å². The van der Waals surface area contributed by atoms with Crippen molar-refractivity contribution in [1.82, 2.24) is 4.72 Å². The van der Waals surface area contributed by atoms with E-state index in [1.165, 1.54) is 13.2 Å². The van der Waals surface area contributed by atoms with Crippen LogP contribution in [0.25, 0.3) is 0 Å². The van der Waals surface area contributed by atoms with E-state index in [0.717, 1.165) is 0 Å². The molecule has 0 amide bonds. The van der Waals surface area contributed by atoms with Crippen LogP contribution in [-0.2, 0) is 21.2 Å². The number of nitrogens with one attached hydrogen (secondary N) is 1. The summed E-state index contributed by atoms with van der Waals surface area (Å²) in [7, 11) is -2.53. The number of rotatable bonds is 7. The van der Waals surface area contributed by atoms with Gasteiger partial charge in [0.15, 0.2) is 0 Å². The van der Waals surface area contributed by atoms with Gasteiger partial charge in [0.05, 0.1) is 7.11 Å². The standard InChI is InChI=1S/C12H20N2O5S/c1-4-9-11(7-10(19-9)12(15)18-3)20(16,17)14-6-5-8(2)13/h7-8,14H,4-6,13H2,1-3H3. The monoisotopic (exact) mass is 304 g/mol. The number of esters is 1. The average Bonchev–Trinajstić information content (AvgIpc) is 2.82. The summed E-state index contributed by atoms with van der Waals surface area (Å²) in [6.07, 6.45) is 0.864. The van der Waals surface area contributed by atoms with Crippen LogP contribution in [-0.4, -0.2) is 34.1 Å². The van der Waals surface area contributed by atoms with E-state index in [1.54, 1.807) is 13.8 Å². The average molecular weight is 304 g/mol. The molecular formula is C12H20N2O5S. The Bertz CT molecular complexity index is 562. The number of nitrogens with two attached hydrogens (primary N) is 1. The van der Waals surface area contributed by atoms with Crippen molar-refractivity contribution >= 4 is 16.0 Å². The summed E-state index contributed by atoms with van der Waals surface area (Å²) < 4.78 is 36.5. The molecule has 1 aromatic rings. The predicted octanol–water partition coefficient (Wildman–Crippen LogP) is 0.644. The van der Waals surface area contributed by atoms with Crippen LogP contribution < -0.4 is 10.5 Å². The van der Waals surface area contributed by atoms with E-state index in [2.05, 4.69) is 9.46 Å². The number of ether oxygens (including phenoxy) is 1. The minimum absolute atomic E-state index is 0.0370. The third-order valence-corrected chi connectivity index (χ3v) is 4.17. The van der Waals surface area contributed by atoms with Gasteiger partial charge in [0.1, 0.15) is 10.7 Å². The molecule has 1 unspecified atom stereocenters. The molecule has 0 aromatic carbocycles. The summed E-state index contributed by atoms with van der Waals surface area (Å²) in [6.45, 7) is 3.75. The quantitative estimate of drug-likeness (QED) is 0.715. The van der Waals surface area contributed by atoms with Gasteiger partial charge in [-0.05, 0) is 13.3 Å². The third kappa shape index (κ3) is 4.06. The first-order valence-electron chi connectivity index (χ1n) is 6.28. The molecule has 114 valence electrons. The highest BCUT2D eigenvalue weighted by Crippen LogP contribution is 2.22. The van der Waals surface area contributed by atoms with Crippen molar-refractivity contribution in [2.24, 2.45) is 5.73 Å². The summed E-state index contributed by atoms with van der Waals surface area (Å²) in [6, 6.07) is 1.08. The number of hydrogen-bond donors (Lipinski definition) is 2. The highest BCUT2D eigenvalue weighted by molar-refractivity contribution is 7.89. The van der Waals surface area contributed by atoms with Crippen molar-refractivity contribution in [2.45, 2.75) is 37.6 Å². The molecule has 0 aliphatic rings. The van der Waals surface area contributed by atoms with E-state index in [9.17, 15) is 13.2 Å². The molecule has 7 nitrogen and oxygen atoms in total. The summed E-state index contributed by atoms with van der Waals surface area (Å²) in [5, 5.41) is 0. The number of carbonyl (C=O) groups excluding carboxylic acids is 1. The number of aryl methyl sites for hydroxylation is 1. The van der Waals surface area contributed by atoms with Gasteiger partial charge < -0.3 is 14.9 Å². The van der Waals surface area contributed by atoms with Crippen molar-refractivity contribution in [3.8, 4) is 0 Å². The molecule has 0 radical (unpaired) electrons. The zero-order chi connectivity index (χ0) is 15.3. The number of hydrogen-bond acceptors (Lipinski definition) is 6. The third-order valence-electron chi connectivity index (χ3n) is 2.66. The summed E-state index contributed by atoms with van der Waals surface area (Å²) >= 11 is 0. The summed E-state index contributed by atoms with van der Waals surface area (Å²) in [4.78, 5) is 11.3. The summed E-state index contributed by atoms with van der Waals surface area (Å²) in [5.41, 5.74) is 5.56. The van der Waals surface area contributed by atoms with Crippen molar-refractivity contribution in [3.05, 3.63) is 17.6 Å². The van der Waals surface area contributed by atoms with Gasteiger partial charge in [0.2, 0.25) is 15.8 Å². The Morgan fingerprint density at radius 3 is 2.70 bits per heavy atom. The molecular weight excluding hydrogens is 284 g/mol. The lowest BCUT2D eigenvalue weighted by molar-refractivity contribution is 0.0563. The Morgan fingerprint density at radius 1 is 1.55 bits per heavy atom. The van der Waals surface area contributed by atoms with Crippen molar-refractivity contribution in [3.63, 3.8) is 0 Å². The summed E-state index contributed by atoms with van der Waals surface area (Å²) in [5.74, 6) is -0.618. The lowest BCUT2D eigenvalue weighted by Gasteiger charge is -2.07. The minimum Gasteiger partial charge on any atom is -0.463 e. The molecule has 0 saturated carbocycles. The molecule has 0 aliphatic heterocycles. The van der Waals surface area contributed by atoms with Gasteiger partial charge in [-0.2, -0.15) is 0 Å². The second kappa shape index (κ2) is 6.87. The van der Waals surface area contributed by atoms with Crippen LogP contribution in [0.1, 0.15) is 36.6 Å². The van der Waals surface area contributed by atoms with Gasteiger partial charge in [-0.25, -0.2) is 17.9 Å². The predicted molar refractivity (Wildman–Crippen MR) is 72.9 cm³/mol. The first-order chi connectivity index (χ1) is 9.31. The van der Waals surface area contributed by atoms with E-state index in [0.29, 0.717) is 12.8 Å². The van der Waals surface area contributed by atoms with E-state index in [4.69, 9.17) is 10.2 Å². The van der Waals surface area contributed by atoms with Crippen molar-refractivity contribution < 1.29 is 22.4 Å². The minimum atomic E-state index is -3.73. The van der Waals surface area contributed by atoms with Crippen LogP contribution in [0.5, 0.6) is 0 Å². The Labute approximate surface area is 118 Å². The highest BCUT2D eigenvalue weighted by atomic mass is 32.2. The number of furan rings is 1. The Balaban J connectivity index is 2.98. The lowest BCUT2D eigenvalue weighted by atomic mass is 10.3. The number of sulfonamides is 1. The largest absolute Gasteiger partial charge is 0.463 e. The Kier molecular flexibility index (Phi) is 5.73.